The molecule has 1 unspecified atom stereocenters. The van der Waals surface area contributed by atoms with Crippen LogP contribution in [0.1, 0.15) is 22.7 Å². The molecule has 0 amide bonds. The third-order valence-corrected chi connectivity index (χ3v) is 4.66. The Kier molecular flexibility index (Phi) is 3.81. The zero-order valence-corrected chi connectivity index (χ0v) is 13.1. The molecule has 0 bridgehead atoms. The Morgan fingerprint density at radius 1 is 0.913 bits per heavy atom. The number of anilines is 1. The summed E-state index contributed by atoms with van der Waals surface area (Å²) >= 11 is 0. The van der Waals surface area contributed by atoms with Crippen LogP contribution in [-0.4, -0.2) is 11.5 Å². The van der Waals surface area contributed by atoms with E-state index in [1.807, 2.05) is 18.5 Å². The van der Waals surface area contributed by atoms with Crippen molar-refractivity contribution < 1.29 is 0 Å². The largest absolute Gasteiger partial charge is 0.363 e. The SMILES string of the molecule is c1ccc(CC2c3ccccc3CCN2c2cccnc2)cc1. The molecule has 114 valence electrons. The predicted octanol–water partition coefficient (Wildman–Crippen LogP) is 4.43. The van der Waals surface area contributed by atoms with Gasteiger partial charge in [0.05, 0.1) is 17.9 Å². The molecule has 0 saturated carbocycles. The first-order valence-corrected chi connectivity index (χ1v) is 8.20. The number of hydrogen-bond donors (Lipinski definition) is 0. The van der Waals surface area contributed by atoms with E-state index >= 15 is 0 Å². The van der Waals surface area contributed by atoms with Crippen LogP contribution in [0.15, 0.2) is 79.1 Å². The zero-order valence-electron chi connectivity index (χ0n) is 13.1. The van der Waals surface area contributed by atoms with Gasteiger partial charge in [-0.25, -0.2) is 0 Å². The smallest absolute Gasteiger partial charge is 0.0586 e. The van der Waals surface area contributed by atoms with E-state index in [2.05, 4.69) is 70.5 Å². The summed E-state index contributed by atoms with van der Waals surface area (Å²) in [5, 5.41) is 0. The van der Waals surface area contributed by atoms with Gasteiger partial charge in [0.1, 0.15) is 0 Å². The van der Waals surface area contributed by atoms with Gasteiger partial charge in [0.2, 0.25) is 0 Å². The Labute approximate surface area is 137 Å². The van der Waals surface area contributed by atoms with Crippen LogP contribution in [0.2, 0.25) is 0 Å². The van der Waals surface area contributed by atoms with Gasteiger partial charge in [-0.2, -0.15) is 0 Å². The van der Waals surface area contributed by atoms with E-state index < -0.39 is 0 Å². The maximum absolute atomic E-state index is 4.32. The van der Waals surface area contributed by atoms with Gasteiger partial charge in [-0.15, -0.1) is 0 Å². The van der Waals surface area contributed by atoms with Crippen molar-refractivity contribution >= 4 is 5.69 Å². The summed E-state index contributed by atoms with van der Waals surface area (Å²) in [4.78, 5) is 6.82. The lowest BCUT2D eigenvalue weighted by molar-refractivity contribution is 0.579. The first-order valence-electron chi connectivity index (χ1n) is 8.20. The summed E-state index contributed by atoms with van der Waals surface area (Å²) in [5.74, 6) is 0. The fourth-order valence-electron chi connectivity index (χ4n) is 3.54. The van der Waals surface area contributed by atoms with Crippen molar-refractivity contribution in [2.75, 3.05) is 11.4 Å². The second-order valence-electron chi connectivity index (χ2n) is 6.06. The Bertz CT molecular complexity index is 768. The van der Waals surface area contributed by atoms with E-state index in [1.165, 1.54) is 22.4 Å². The van der Waals surface area contributed by atoms with Crippen molar-refractivity contribution in [3.05, 3.63) is 95.8 Å². The van der Waals surface area contributed by atoms with Crippen molar-refractivity contribution in [2.45, 2.75) is 18.9 Å². The molecule has 1 atom stereocenters. The monoisotopic (exact) mass is 300 g/mol. The highest BCUT2D eigenvalue weighted by atomic mass is 15.2. The summed E-state index contributed by atoms with van der Waals surface area (Å²) in [6, 6.07) is 24.2. The van der Waals surface area contributed by atoms with Crippen LogP contribution < -0.4 is 4.90 Å². The maximum atomic E-state index is 4.32. The van der Waals surface area contributed by atoms with Gasteiger partial charge in [-0.1, -0.05) is 54.6 Å². The quantitative estimate of drug-likeness (QED) is 0.711. The van der Waals surface area contributed by atoms with Crippen LogP contribution in [0.3, 0.4) is 0 Å². The highest BCUT2D eigenvalue weighted by molar-refractivity contribution is 5.51. The zero-order chi connectivity index (χ0) is 15.5. The second kappa shape index (κ2) is 6.25. The molecule has 0 spiro atoms. The summed E-state index contributed by atoms with van der Waals surface area (Å²) in [5.41, 5.74) is 5.52. The van der Waals surface area contributed by atoms with Crippen LogP contribution in [0.25, 0.3) is 0 Å². The average Bonchev–Trinajstić information content (AvgIpc) is 2.64. The normalized spacial score (nSPS) is 16.9. The van der Waals surface area contributed by atoms with E-state index in [1.54, 1.807) is 0 Å². The third-order valence-electron chi connectivity index (χ3n) is 4.66. The van der Waals surface area contributed by atoms with Crippen LogP contribution in [0.4, 0.5) is 5.69 Å². The molecule has 0 aliphatic carbocycles. The molecule has 2 heteroatoms. The van der Waals surface area contributed by atoms with Crippen LogP contribution in [-0.2, 0) is 12.8 Å². The highest BCUT2D eigenvalue weighted by Crippen LogP contribution is 2.35. The van der Waals surface area contributed by atoms with E-state index in [4.69, 9.17) is 0 Å². The lowest BCUT2D eigenvalue weighted by Crippen LogP contribution is -2.36. The van der Waals surface area contributed by atoms with Crippen molar-refractivity contribution in [2.24, 2.45) is 0 Å². The van der Waals surface area contributed by atoms with E-state index in [-0.39, 0.29) is 0 Å². The minimum Gasteiger partial charge on any atom is -0.363 e. The molecule has 1 aromatic heterocycles. The number of rotatable bonds is 3. The molecule has 1 aliphatic rings. The highest BCUT2D eigenvalue weighted by Gasteiger charge is 2.27. The molecule has 2 aromatic carbocycles. The van der Waals surface area contributed by atoms with Gasteiger partial charge < -0.3 is 4.90 Å². The van der Waals surface area contributed by atoms with Gasteiger partial charge in [-0.3, -0.25) is 4.98 Å². The fraction of sp³-hybridized carbons (Fsp3) is 0.190. The van der Waals surface area contributed by atoms with Gasteiger partial charge in [0.25, 0.3) is 0 Å². The topological polar surface area (TPSA) is 16.1 Å². The summed E-state index contributed by atoms with van der Waals surface area (Å²) in [6.45, 7) is 1.04. The third kappa shape index (κ3) is 2.85. The molecule has 3 aromatic rings. The van der Waals surface area contributed by atoms with Crippen molar-refractivity contribution in [1.82, 2.24) is 4.98 Å². The number of pyridine rings is 1. The number of nitrogens with zero attached hydrogens (tertiary/aromatic N) is 2. The number of fused-ring (bicyclic) bond motifs is 1. The summed E-state index contributed by atoms with van der Waals surface area (Å²) in [6.07, 6.45) is 5.93. The molecule has 1 aliphatic heterocycles. The number of benzene rings is 2. The van der Waals surface area contributed by atoms with E-state index in [0.29, 0.717) is 6.04 Å². The number of hydrogen-bond acceptors (Lipinski definition) is 2. The lowest BCUT2D eigenvalue weighted by Gasteiger charge is -2.39. The van der Waals surface area contributed by atoms with E-state index in [9.17, 15) is 0 Å². The van der Waals surface area contributed by atoms with Crippen molar-refractivity contribution in [3.8, 4) is 0 Å². The lowest BCUT2D eigenvalue weighted by atomic mass is 9.88. The standard InChI is InChI=1S/C21H20N2/c1-2-7-17(8-3-1)15-21-20-11-5-4-9-18(20)12-14-23(21)19-10-6-13-22-16-19/h1-11,13,16,21H,12,14-15H2. The molecule has 0 N–H and O–H groups in total. The first-order chi connectivity index (χ1) is 11.4. The fourth-order valence-corrected chi connectivity index (χ4v) is 3.54. The first kappa shape index (κ1) is 14.0. The molecular weight excluding hydrogens is 280 g/mol. The molecule has 23 heavy (non-hydrogen) atoms. The van der Waals surface area contributed by atoms with Gasteiger partial charge in [-0.05, 0) is 41.7 Å². The average molecular weight is 300 g/mol. The summed E-state index contributed by atoms with van der Waals surface area (Å²) in [7, 11) is 0. The van der Waals surface area contributed by atoms with Crippen molar-refractivity contribution in [3.63, 3.8) is 0 Å². The Balaban J connectivity index is 1.74. The van der Waals surface area contributed by atoms with Crippen LogP contribution in [0.5, 0.6) is 0 Å². The minimum absolute atomic E-state index is 0.367. The van der Waals surface area contributed by atoms with Gasteiger partial charge in [0, 0.05) is 12.7 Å². The second-order valence-corrected chi connectivity index (χ2v) is 6.06. The van der Waals surface area contributed by atoms with Crippen molar-refractivity contribution in [1.29, 1.82) is 0 Å². The van der Waals surface area contributed by atoms with Gasteiger partial charge >= 0.3 is 0 Å². The molecular formula is C21H20N2. The molecule has 0 radical (unpaired) electrons. The number of aromatic nitrogens is 1. The minimum atomic E-state index is 0.367. The molecule has 2 heterocycles. The Hall–Kier alpha value is -2.61. The Morgan fingerprint density at radius 3 is 2.57 bits per heavy atom. The van der Waals surface area contributed by atoms with E-state index in [0.717, 1.165) is 19.4 Å². The predicted molar refractivity (Wildman–Crippen MR) is 94.6 cm³/mol. The summed E-state index contributed by atoms with van der Waals surface area (Å²) < 4.78 is 0. The molecule has 4 rings (SSSR count). The Morgan fingerprint density at radius 2 is 1.74 bits per heavy atom. The molecule has 2 nitrogen and oxygen atoms in total. The maximum Gasteiger partial charge on any atom is 0.0586 e. The van der Waals surface area contributed by atoms with Crippen LogP contribution >= 0.6 is 0 Å². The molecule has 0 saturated heterocycles. The molecule has 0 fully saturated rings. The van der Waals surface area contributed by atoms with Gasteiger partial charge in [0.15, 0.2) is 0 Å². The van der Waals surface area contributed by atoms with Crippen LogP contribution in [0, 0.1) is 0 Å².